The lowest BCUT2D eigenvalue weighted by atomic mass is 9.88. The van der Waals surface area contributed by atoms with Gasteiger partial charge in [-0.3, -0.25) is 15.0 Å². The number of hydrogen-bond donors (Lipinski definition) is 3. The molecule has 1 amide bonds. The lowest BCUT2D eigenvalue weighted by Gasteiger charge is -2.44. The van der Waals surface area contributed by atoms with Gasteiger partial charge in [-0.05, 0) is 82.6 Å². The minimum absolute atomic E-state index is 0.0451. The molecule has 2 aliphatic rings. The van der Waals surface area contributed by atoms with Crippen LogP contribution in [0.1, 0.15) is 67.9 Å². The zero-order valence-electron chi connectivity index (χ0n) is 19.5. The highest BCUT2D eigenvalue weighted by molar-refractivity contribution is 5.98. The van der Waals surface area contributed by atoms with Gasteiger partial charge in [0, 0.05) is 18.8 Å². The summed E-state index contributed by atoms with van der Waals surface area (Å²) in [5.74, 6) is -0.169. The molecule has 172 valence electrons. The third-order valence-corrected chi connectivity index (χ3v) is 6.73. The fourth-order valence-corrected chi connectivity index (χ4v) is 4.68. The topological polar surface area (TPSA) is 90.9 Å². The van der Waals surface area contributed by atoms with Crippen LogP contribution in [0.25, 0.3) is 0 Å². The normalized spacial score (nSPS) is 26.3. The summed E-state index contributed by atoms with van der Waals surface area (Å²) < 4.78 is 5.09. The number of aryl methyl sites for hydroxylation is 2. The maximum Gasteiger partial charge on any atom is 0.338 e. The van der Waals surface area contributed by atoms with E-state index < -0.39 is 5.60 Å². The molecule has 2 heterocycles. The van der Waals surface area contributed by atoms with Crippen LogP contribution in [0.3, 0.4) is 0 Å². The Hall–Kier alpha value is -1.96. The van der Waals surface area contributed by atoms with Gasteiger partial charge in [0.2, 0.25) is 5.91 Å². The fourth-order valence-electron chi connectivity index (χ4n) is 4.68. The summed E-state index contributed by atoms with van der Waals surface area (Å²) in [6, 6.07) is 3.24. The number of hydrogen-bond acceptors (Lipinski definition) is 6. The van der Waals surface area contributed by atoms with Crippen LogP contribution in [-0.2, 0) is 9.53 Å². The summed E-state index contributed by atoms with van der Waals surface area (Å²) in [5, 5.41) is 16.9. The van der Waals surface area contributed by atoms with Crippen molar-refractivity contribution in [2.45, 2.75) is 78.1 Å². The molecule has 0 radical (unpaired) electrons. The summed E-state index contributed by atoms with van der Waals surface area (Å²) in [7, 11) is 0. The van der Waals surface area contributed by atoms with Gasteiger partial charge in [-0.1, -0.05) is 6.92 Å². The van der Waals surface area contributed by atoms with E-state index >= 15 is 0 Å². The Morgan fingerprint density at radius 3 is 2.42 bits per heavy atom. The number of carbonyl (C=O) groups excluding carboxylic acids is 2. The SMILES string of the molecule is CCOC(=O)c1cc(C)c(NC(=O)C2NC(N3CCC(C)(O)CC3)CCC2C)c(C)c1. The second-order valence-electron chi connectivity index (χ2n) is 9.44. The Morgan fingerprint density at radius 2 is 1.84 bits per heavy atom. The molecule has 3 rings (SSSR count). The number of anilines is 1. The molecule has 0 aliphatic carbocycles. The fraction of sp³-hybridized carbons (Fsp3) is 0.667. The van der Waals surface area contributed by atoms with Gasteiger partial charge in [0.05, 0.1) is 30.0 Å². The van der Waals surface area contributed by atoms with E-state index in [1.807, 2.05) is 20.8 Å². The van der Waals surface area contributed by atoms with Crippen LogP contribution in [0.15, 0.2) is 12.1 Å². The van der Waals surface area contributed by atoms with E-state index in [9.17, 15) is 14.7 Å². The van der Waals surface area contributed by atoms with Gasteiger partial charge < -0.3 is 15.2 Å². The zero-order valence-corrected chi connectivity index (χ0v) is 19.5. The number of nitrogens with one attached hydrogen (secondary N) is 2. The Morgan fingerprint density at radius 1 is 1.23 bits per heavy atom. The van der Waals surface area contributed by atoms with Gasteiger partial charge in [-0.25, -0.2) is 4.79 Å². The molecule has 0 spiro atoms. The van der Waals surface area contributed by atoms with Crippen LogP contribution >= 0.6 is 0 Å². The summed E-state index contributed by atoms with van der Waals surface area (Å²) >= 11 is 0. The Kier molecular flexibility index (Phi) is 7.39. The molecule has 0 saturated carbocycles. The molecule has 2 saturated heterocycles. The molecule has 2 aliphatic heterocycles. The van der Waals surface area contributed by atoms with Crippen molar-refractivity contribution in [2.75, 3.05) is 25.0 Å². The van der Waals surface area contributed by atoms with Gasteiger partial charge in [-0.15, -0.1) is 0 Å². The van der Waals surface area contributed by atoms with Crippen molar-refractivity contribution in [3.05, 3.63) is 28.8 Å². The van der Waals surface area contributed by atoms with Crippen LogP contribution < -0.4 is 10.6 Å². The lowest BCUT2D eigenvalue weighted by molar-refractivity contribution is -0.121. The molecular formula is C24H37N3O4. The van der Waals surface area contributed by atoms with E-state index in [2.05, 4.69) is 22.5 Å². The highest BCUT2D eigenvalue weighted by atomic mass is 16.5. The second-order valence-corrected chi connectivity index (χ2v) is 9.44. The first-order chi connectivity index (χ1) is 14.6. The van der Waals surface area contributed by atoms with Crippen molar-refractivity contribution in [1.29, 1.82) is 0 Å². The van der Waals surface area contributed by atoms with Crippen LogP contribution in [0.5, 0.6) is 0 Å². The third-order valence-electron chi connectivity index (χ3n) is 6.73. The van der Waals surface area contributed by atoms with E-state index in [1.165, 1.54) is 0 Å². The molecule has 3 atom stereocenters. The number of amides is 1. The zero-order chi connectivity index (χ0) is 22.8. The molecule has 1 aromatic rings. The van der Waals surface area contributed by atoms with Gasteiger partial charge in [-0.2, -0.15) is 0 Å². The molecule has 3 unspecified atom stereocenters. The van der Waals surface area contributed by atoms with Gasteiger partial charge in [0.1, 0.15) is 0 Å². The van der Waals surface area contributed by atoms with Crippen molar-refractivity contribution >= 4 is 17.6 Å². The Bertz CT molecular complexity index is 790. The number of likely N-dealkylation sites (tertiary alicyclic amines) is 1. The summed E-state index contributed by atoms with van der Waals surface area (Å²) in [6.45, 7) is 11.6. The molecule has 2 fully saturated rings. The molecule has 7 nitrogen and oxygen atoms in total. The second kappa shape index (κ2) is 9.67. The minimum atomic E-state index is -0.583. The Balaban J connectivity index is 1.68. The maximum absolute atomic E-state index is 13.2. The van der Waals surface area contributed by atoms with E-state index in [-0.39, 0.29) is 30.0 Å². The number of benzene rings is 1. The molecule has 7 heteroatoms. The highest BCUT2D eigenvalue weighted by Gasteiger charge is 2.37. The van der Waals surface area contributed by atoms with Crippen LogP contribution in [0.4, 0.5) is 5.69 Å². The van der Waals surface area contributed by atoms with E-state index in [0.29, 0.717) is 12.2 Å². The summed E-state index contributed by atoms with van der Waals surface area (Å²) in [6.07, 6.45) is 3.63. The number of ether oxygens (including phenoxy) is 1. The number of rotatable bonds is 5. The first kappa shape index (κ1) is 23.7. The van der Waals surface area contributed by atoms with Crippen LogP contribution in [0.2, 0.25) is 0 Å². The maximum atomic E-state index is 13.2. The third kappa shape index (κ3) is 5.64. The molecule has 31 heavy (non-hydrogen) atoms. The van der Waals surface area contributed by atoms with Crippen LogP contribution in [0, 0.1) is 19.8 Å². The van der Waals surface area contributed by atoms with E-state index in [1.54, 1.807) is 19.1 Å². The van der Waals surface area contributed by atoms with Crippen LogP contribution in [-0.4, -0.2) is 59.4 Å². The van der Waals surface area contributed by atoms with E-state index in [4.69, 9.17) is 4.74 Å². The minimum Gasteiger partial charge on any atom is -0.462 e. The predicted octanol–water partition coefficient (Wildman–Crippen LogP) is 2.98. The number of esters is 1. The summed E-state index contributed by atoms with van der Waals surface area (Å²) in [4.78, 5) is 27.6. The summed E-state index contributed by atoms with van der Waals surface area (Å²) in [5.41, 5.74) is 2.35. The van der Waals surface area contributed by atoms with Gasteiger partial charge in [0.25, 0.3) is 0 Å². The smallest absolute Gasteiger partial charge is 0.338 e. The largest absolute Gasteiger partial charge is 0.462 e. The number of aliphatic hydroxyl groups is 1. The van der Waals surface area contributed by atoms with Gasteiger partial charge >= 0.3 is 5.97 Å². The highest BCUT2D eigenvalue weighted by Crippen LogP contribution is 2.29. The first-order valence-corrected chi connectivity index (χ1v) is 11.4. The monoisotopic (exact) mass is 431 g/mol. The lowest BCUT2D eigenvalue weighted by Crippen LogP contribution is -2.60. The van der Waals surface area contributed by atoms with Crippen molar-refractivity contribution < 1.29 is 19.4 Å². The van der Waals surface area contributed by atoms with Crippen molar-refractivity contribution in [2.24, 2.45) is 5.92 Å². The number of carbonyl (C=O) groups is 2. The van der Waals surface area contributed by atoms with Crippen molar-refractivity contribution in [1.82, 2.24) is 10.2 Å². The molecule has 0 aromatic heterocycles. The number of piperidine rings is 2. The Labute approximate surface area is 185 Å². The van der Waals surface area contributed by atoms with E-state index in [0.717, 1.165) is 55.6 Å². The van der Waals surface area contributed by atoms with Crippen molar-refractivity contribution in [3.63, 3.8) is 0 Å². The van der Waals surface area contributed by atoms with Crippen molar-refractivity contribution in [3.8, 4) is 0 Å². The molecule has 1 aromatic carbocycles. The molecular weight excluding hydrogens is 394 g/mol. The first-order valence-electron chi connectivity index (χ1n) is 11.4. The quantitative estimate of drug-likeness (QED) is 0.621. The molecule has 3 N–H and O–H groups in total. The molecule has 0 bridgehead atoms. The van der Waals surface area contributed by atoms with Gasteiger partial charge in [0.15, 0.2) is 0 Å². The standard InChI is InChI=1S/C24H37N3O4/c1-6-31-23(29)18-13-16(3)20(17(4)14-18)26-22(28)21-15(2)7-8-19(25-21)27-11-9-24(5,30)10-12-27/h13-15,19,21,25,30H,6-12H2,1-5H3,(H,26,28). The average Bonchev–Trinajstić information content (AvgIpc) is 2.71. The predicted molar refractivity (Wildman–Crippen MR) is 121 cm³/mol. The number of nitrogens with zero attached hydrogens (tertiary/aromatic N) is 1. The average molecular weight is 432 g/mol.